The minimum absolute atomic E-state index is 0.000195. The molecule has 0 heterocycles. The lowest BCUT2D eigenvalue weighted by Gasteiger charge is -2.12. The molecule has 0 spiro atoms. The molecule has 2 N–H and O–H groups in total. The second kappa shape index (κ2) is 7.56. The molecule has 0 aromatic rings. The second-order valence-electron chi connectivity index (χ2n) is 2.87. The Hall–Kier alpha value is -1.08. The van der Waals surface area contributed by atoms with Crippen molar-refractivity contribution in [3.63, 3.8) is 0 Å². The summed E-state index contributed by atoms with van der Waals surface area (Å²) in [6, 6.07) is 1.80. The number of carbonyl (C=O) groups is 1. The van der Waals surface area contributed by atoms with Crippen LogP contribution in [0.5, 0.6) is 0 Å². The molecule has 0 aromatic heterocycles. The molecule has 4 heteroatoms. The number of rotatable bonds is 6. The summed E-state index contributed by atoms with van der Waals surface area (Å²) in [5, 5.41) is 14.0. The number of nitrogens with one attached hydrogen (secondary N) is 2. The van der Waals surface area contributed by atoms with Crippen LogP contribution >= 0.6 is 0 Å². The molecule has 0 radical (unpaired) electrons. The smallest absolute Gasteiger partial charge is 0.236 e. The van der Waals surface area contributed by atoms with Crippen LogP contribution in [0.3, 0.4) is 0 Å². The van der Waals surface area contributed by atoms with Crippen molar-refractivity contribution in [3.8, 4) is 6.07 Å². The van der Waals surface area contributed by atoms with Crippen molar-refractivity contribution in [1.82, 2.24) is 10.6 Å². The monoisotopic (exact) mass is 183 g/mol. The fraction of sp³-hybridized carbons (Fsp3) is 0.778. The van der Waals surface area contributed by atoms with Crippen molar-refractivity contribution in [3.05, 3.63) is 0 Å². The number of hydrogen-bond acceptors (Lipinski definition) is 3. The predicted molar refractivity (Wildman–Crippen MR) is 51.0 cm³/mol. The highest BCUT2D eigenvalue weighted by Gasteiger charge is 2.09. The Balaban J connectivity index is 3.52. The van der Waals surface area contributed by atoms with E-state index in [4.69, 9.17) is 5.26 Å². The first-order valence-corrected chi connectivity index (χ1v) is 4.60. The Kier molecular flexibility index (Phi) is 6.93. The molecule has 0 rings (SSSR count). The standard InChI is InChI=1S/C9H17N3O/c1-3-6-12-9(13)8(2)11-7-4-5-10/h8,11H,3-4,6-7H2,1-2H3,(H,12,13). The molecule has 13 heavy (non-hydrogen) atoms. The van der Waals surface area contributed by atoms with Gasteiger partial charge in [0.15, 0.2) is 0 Å². The van der Waals surface area contributed by atoms with Gasteiger partial charge in [0.1, 0.15) is 0 Å². The summed E-state index contributed by atoms with van der Waals surface area (Å²) in [5.41, 5.74) is 0. The summed E-state index contributed by atoms with van der Waals surface area (Å²) in [5.74, 6) is -0.000195. The van der Waals surface area contributed by atoms with Crippen molar-refractivity contribution in [2.45, 2.75) is 32.7 Å². The number of nitrogens with zero attached hydrogens (tertiary/aromatic N) is 1. The van der Waals surface area contributed by atoms with E-state index in [1.807, 2.05) is 13.0 Å². The Labute approximate surface area is 79.3 Å². The molecule has 0 aromatic carbocycles. The van der Waals surface area contributed by atoms with Crippen molar-refractivity contribution < 1.29 is 4.79 Å². The summed E-state index contributed by atoms with van der Waals surface area (Å²) in [6.45, 7) is 5.08. The Morgan fingerprint density at radius 2 is 2.23 bits per heavy atom. The average molecular weight is 183 g/mol. The first-order chi connectivity index (χ1) is 6.22. The second-order valence-corrected chi connectivity index (χ2v) is 2.87. The van der Waals surface area contributed by atoms with E-state index in [2.05, 4.69) is 10.6 Å². The molecule has 0 saturated heterocycles. The van der Waals surface area contributed by atoms with Gasteiger partial charge in [-0.25, -0.2) is 0 Å². The quantitative estimate of drug-likeness (QED) is 0.586. The molecule has 0 fully saturated rings. The van der Waals surface area contributed by atoms with Gasteiger partial charge in [0, 0.05) is 19.5 Å². The van der Waals surface area contributed by atoms with Gasteiger partial charge in [-0.05, 0) is 13.3 Å². The van der Waals surface area contributed by atoms with E-state index in [-0.39, 0.29) is 11.9 Å². The molecule has 1 amide bonds. The van der Waals surface area contributed by atoms with Crippen LogP contribution in [0.25, 0.3) is 0 Å². The van der Waals surface area contributed by atoms with Crippen molar-refractivity contribution in [1.29, 1.82) is 5.26 Å². The van der Waals surface area contributed by atoms with E-state index in [0.29, 0.717) is 19.5 Å². The van der Waals surface area contributed by atoms with Gasteiger partial charge in [-0.2, -0.15) is 5.26 Å². The Morgan fingerprint density at radius 1 is 1.54 bits per heavy atom. The molecule has 74 valence electrons. The number of nitriles is 1. The van der Waals surface area contributed by atoms with Gasteiger partial charge in [-0.15, -0.1) is 0 Å². The van der Waals surface area contributed by atoms with E-state index in [1.54, 1.807) is 6.92 Å². The van der Waals surface area contributed by atoms with E-state index in [0.717, 1.165) is 6.42 Å². The molecule has 0 aliphatic rings. The Bertz CT molecular complexity index is 186. The maximum absolute atomic E-state index is 11.2. The van der Waals surface area contributed by atoms with Crippen LogP contribution in [0.4, 0.5) is 0 Å². The topological polar surface area (TPSA) is 64.9 Å². The highest BCUT2D eigenvalue weighted by molar-refractivity contribution is 5.81. The van der Waals surface area contributed by atoms with Gasteiger partial charge in [0.2, 0.25) is 5.91 Å². The van der Waals surface area contributed by atoms with Crippen LogP contribution in [0.2, 0.25) is 0 Å². The number of amides is 1. The minimum atomic E-state index is -0.208. The zero-order chi connectivity index (χ0) is 10.1. The largest absolute Gasteiger partial charge is 0.355 e. The first-order valence-electron chi connectivity index (χ1n) is 4.60. The first kappa shape index (κ1) is 11.9. The summed E-state index contributed by atoms with van der Waals surface area (Å²) in [4.78, 5) is 11.2. The summed E-state index contributed by atoms with van der Waals surface area (Å²) < 4.78 is 0. The zero-order valence-corrected chi connectivity index (χ0v) is 8.26. The van der Waals surface area contributed by atoms with Crippen LogP contribution in [0.15, 0.2) is 0 Å². The van der Waals surface area contributed by atoms with Crippen LogP contribution in [0, 0.1) is 11.3 Å². The van der Waals surface area contributed by atoms with Crippen LogP contribution < -0.4 is 10.6 Å². The lowest BCUT2D eigenvalue weighted by Crippen LogP contribution is -2.42. The number of hydrogen-bond donors (Lipinski definition) is 2. The predicted octanol–water partition coefficient (Wildman–Crippen LogP) is 0.404. The number of carbonyl (C=O) groups excluding carboxylic acids is 1. The maximum Gasteiger partial charge on any atom is 0.236 e. The van der Waals surface area contributed by atoms with Gasteiger partial charge >= 0.3 is 0 Å². The third-order valence-corrected chi connectivity index (χ3v) is 1.63. The van der Waals surface area contributed by atoms with Crippen LogP contribution in [0.1, 0.15) is 26.7 Å². The minimum Gasteiger partial charge on any atom is -0.355 e. The molecule has 0 aliphatic heterocycles. The Morgan fingerprint density at radius 3 is 2.77 bits per heavy atom. The SMILES string of the molecule is CCCNC(=O)C(C)NCCC#N. The molecular formula is C9H17N3O. The van der Waals surface area contributed by atoms with E-state index in [9.17, 15) is 4.79 Å². The zero-order valence-electron chi connectivity index (χ0n) is 8.26. The van der Waals surface area contributed by atoms with Gasteiger partial charge < -0.3 is 10.6 Å². The van der Waals surface area contributed by atoms with E-state index >= 15 is 0 Å². The lowest BCUT2D eigenvalue weighted by atomic mass is 10.3. The highest BCUT2D eigenvalue weighted by Crippen LogP contribution is 1.83. The van der Waals surface area contributed by atoms with Crippen molar-refractivity contribution in [2.75, 3.05) is 13.1 Å². The summed E-state index contributed by atoms with van der Waals surface area (Å²) in [6.07, 6.45) is 1.38. The van der Waals surface area contributed by atoms with Crippen molar-refractivity contribution in [2.24, 2.45) is 0 Å². The summed E-state index contributed by atoms with van der Waals surface area (Å²) >= 11 is 0. The maximum atomic E-state index is 11.2. The molecule has 0 aliphatic carbocycles. The molecule has 1 atom stereocenters. The molecule has 0 bridgehead atoms. The van der Waals surface area contributed by atoms with Crippen LogP contribution in [-0.4, -0.2) is 25.0 Å². The molecular weight excluding hydrogens is 166 g/mol. The van der Waals surface area contributed by atoms with E-state index in [1.165, 1.54) is 0 Å². The molecule has 0 saturated carbocycles. The van der Waals surface area contributed by atoms with Crippen molar-refractivity contribution >= 4 is 5.91 Å². The fourth-order valence-corrected chi connectivity index (χ4v) is 0.839. The van der Waals surface area contributed by atoms with Crippen LogP contribution in [-0.2, 0) is 4.79 Å². The molecule has 4 nitrogen and oxygen atoms in total. The van der Waals surface area contributed by atoms with Gasteiger partial charge in [-0.1, -0.05) is 6.92 Å². The highest BCUT2D eigenvalue weighted by atomic mass is 16.2. The third kappa shape index (κ3) is 6.12. The van der Waals surface area contributed by atoms with Gasteiger partial charge in [-0.3, -0.25) is 4.79 Å². The molecule has 1 unspecified atom stereocenters. The van der Waals surface area contributed by atoms with E-state index < -0.39 is 0 Å². The average Bonchev–Trinajstić information content (AvgIpc) is 2.14. The van der Waals surface area contributed by atoms with Gasteiger partial charge in [0.05, 0.1) is 12.1 Å². The third-order valence-electron chi connectivity index (χ3n) is 1.63. The summed E-state index contributed by atoms with van der Waals surface area (Å²) in [7, 11) is 0. The fourth-order valence-electron chi connectivity index (χ4n) is 0.839. The van der Waals surface area contributed by atoms with Gasteiger partial charge in [0.25, 0.3) is 0 Å². The normalized spacial score (nSPS) is 11.8. The lowest BCUT2D eigenvalue weighted by molar-refractivity contribution is -0.122.